The van der Waals surface area contributed by atoms with Crippen LogP contribution in [0.1, 0.15) is 194 Å². The highest BCUT2D eigenvalue weighted by Crippen LogP contribution is 2.26. The van der Waals surface area contributed by atoms with Gasteiger partial charge in [0.25, 0.3) is 0 Å². The standard InChI is InChI=1S/C57H100O14/c1-3-5-7-9-11-13-15-17-18-19-20-21-22-23-24-25-26-27-29-31-33-35-37-39-41-66-43-46(69-49(59)40-38-36-34-32-30-28-16-14-12-10-8-6-4-2)44-67-56-55(65)53(63)51(61)48(71-56)45-68-57-54(64)52(62)50(60)47(42-58)70-57/h5,7,11,13,17-18,20-21,23-24,46-48,50-58,60-65H,3-4,6,8-10,12,14-16,19,22,25-45H2,1-2H3/b7-5-,13-11-,18-17-,21-20-,24-23-. The van der Waals surface area contributed by atoms with Gasteiger partial charge in [-0.05, 0) is 57.8 Å². The van der Waals surface area contributed by atoms with E-state index in [4.69, 9.17) is 28.4 Å². The molecular formula is C57H100O14. The number of aliphatic hydroxyl groups excluding tert-OH is 7. The Labute approximate surface area is 428 Å². The molecule has 11 unspecified atom stereocenters. The van der Waals surface area contributed by atoms with Crippen LogP contribution in [0.4, 0.5) is 0 Å². The number of ether oxygens (including phenoxy) is 6. The first-order valence-electron chi connectivity index (χ1n) is 27.9. The third-order valence-corrected chi connectivity index (χ3v) is 13.0. The normalized spacial score (nSPS) is 25.8. The molecule has 0 aromatic carbocycles. The molecule has 71 heavy (non-hydrogen) atoms. The number of rotatable bonds is 44. The van der Waals surface area contributed by atoms with Gasteiger partial charge >= 0.3 is 5.97 Å². The van der Waals surface area contributed by atoms with Crippen LogP contribution in [0, 0.1) is 0 Å². The van der Waals surface area contributed by atoms with Crippen LogP contribution >= 0.6 is 0 Å². The van der Waals surface area contributed by atoms with Crippen molar-refractivity contribution in [3.8, 4) is 0 Å². The summed E-state index contributed by atoms with van der Waals surface area (Å²) in [6, 6.07) is 0. The number of aliphatic hydroxyl groups is 7. The van der Waals surface area contributed by atoms with Crippen molar-refractivity contribution >= 4 is 5.97 Å². The molecule has 0 aliphatic carbocycles. The lowest BCUT2D eigenvalue weighted by atomic mass is 9.98. The molecule has 2 aliphatic heterocycles. The van der Waals surface area contributed by atoms with Gasteiger partial charge in [-0.3, -0.25) is 4.79 Å². The smallest absolute Gasteiger partial charge is 0.306 e. The fraction of sp³-hybridized carbons (Fsp3) is 0.807. The molecule has 0 bridgehead atoms. The van der Waals surface area contributed by atoms with E-state index in [1.165, 1.54) is 89.9 Å². The largest absolute Gasteiger partial charge is 0.457 e. The molecule has 7 N–H and O–H groups in total. The average molecular weight is 1010 g/mol. The van der Waals surface area contributed by atoms with Crippen LogP contribution in [0.15, 0.2) is 60.8 Å². The summed E-state index contributed by atoms with van der Waals surface area (Å²) in [6.07, 6.45) is 37.1. The second-order valence-corrected chi connectivity index (χ2v) is 19.4. The van der Waals surface area contributed by atoms with Gasteiger partial charge in [0.2, 0.25) is 0 Å². The maximum absolute atomic E-state index is 13.0. The summed E-state index contributed by atoms with van der Waals surface area (Å²) in [5, 5.41) is 72.2. The Bertz CT molecular complexity index is 1400. The lowest BCUT2D eigenvalue weighted by Gasteiger charge is -2.42. The zero-order valence-electron chi connectivity index (χ0n) is 43.9. The van der Waals surface area contributed by atoms with Crippen molar-refractivity contribution in [2.75, 3.05) is 33.0 Å². The van der Waals surface area contributed by atoms with Crippen LogP contribution in [0.2, 0.25) is 0 Å². The quantitative estimate of drug-likeness (QED) is 0.0172. The molecule has 11 atom stereocenters. The van der Waals surface area contributed by atoms with Crippen LogP contribution in [0.25, 0.3) is 0 Å². The van der Waals surface area contributed by atoms with Crippen molar-refractivity contribution in [3.63, 3.8) is 0 Å². The van der Waals surface area contributed by atoms with Crippen molar-refractivity contribution in [1.82, 2.24) is 0 Å². The van der Waals surface area contributed by atoms with Crippen LogP contribution in [-0.2, 0) is 33.2 Å². The number of hydrogen-bond donors (Lipinski definition) is 7. The van der Waals surface area contributed by atoms with E-state index in [1.807, 2.05) is 0 Å². The highest BCUT2D eigenvalue weighted by molar-refractivity contribution is 5.69. The lowest BCUT2D eigenvalue weighted by molar-refractivity contribution is -0.332. The summed E-state index contributed by atoms with van der Waals surface area (Å²) >= 11 is 0. The van der Waals surface area contributed by atoms with Gasteiger partial charge in [-0.1, -0.05) is 190 Å². The molecule has 14 heteroatoms. The molecule has 14 nitrogen and oxygen atoms in total. The molecule has 2 saturated heterocycles. The van der Waals surface area contributed by atoms with Gasteiger partial charge in [0.15, 0.2) is 12.6 Å². The molecular weight excluding hydrogens is 909 g/mol. The molecule has 412 valence electrons. The highest BCUT2D eigenvalue weighted by Gasteiger charge is 2.47. The fourth-order valence-corrected chi connectivity index (χ4v) is 8.55. The van der Waals surface area contributed by atoms with Gasteiger partial charge in [0.1, 0.15) is 54.9 Å². The predicted octanol–water partition coefficient (Wildman–Crippen LogP) is 9.30. The minimum atomic E-state index is -1.71. The highest BCUT2D eigenvalue weighted by atomic mass is 16.7. The molecule has 0 saturated carbocycles. The molecule has 2 rings (SSSR count). The number of unbranched alkanes of at least 4 members (excludes halogenated alkanes) is 20. The van der Waals surface area contributed by atoms with Crippen molar-refractivity contribution in [2.24, 2.45) is 0 Å². The first kappa shape index (κ1) is 64.8. The molecule has 0 aromatic rings. The number of carbonyl (C=O) groups is 1. The third-order valence-electron chi connectivity index (χ3n) is 13.0. The summed E-state index contributed by atoms with van der Waals surface area (Å²) in [5.74, 6) is -0.380. The number of carbonyl (C=O) groups excluding carboxylic acids is 1. The van der Waals surface area contributed by atoms with Crippen molar-refractivity contribution < 1.29 is 69.0 Å². The van der Waals surface area contributed by atoms with Crippen molar-refractivity contribution in [3.05, 3.63) is 60.8 Å². The Hall–Kier alpha value is -2.31. The molecule has 0 amide bonds. The first-order valence-corrected chi connectivity index (χ1v) is 27.9. The van der Waals surface area contributed by atoms with E-state index in [1.54, 1.807) is 0 Å². The summed E-state index contributed by atoms with van der Waals surface area (Å²) < 4.78 is 34.3. The van der Waals surface area contributed by atoms with Gasteiger partial charge in [-0.2, -0.15) is 0 Å². The van der Waals surface area contributed by atoms with Gasteiger partial charge in [-0.25, -0.2) is 0 Å². The van der Waals surface area contributed by atoms with Gasteiger partial charge in [0, 0.05) is 13.0 Å². The zero-order valence-corrected chi connectivity index (χ0v) is 43.9. The van der Waals surface area contributed by atoms with Crippen LogP contribution in [0.3, 0.4) is 0 Å². The predicted molar refractivity (Wildman–Crippen MR) is 279 cm³/mol. The summed E-state index contributed by atoms with van der Waals surface area (Å²) in [4.78, 5) is 13.0. The van der Waals surface area contributed by atoms with E-state index in [0.717, 1.165) is 77.0 Å². The van der Waals surface area contributed by atoms with Crippen LogP contribution in [-0.4, -0.2) is 142 Å². The SMILES string of the molecule is CC/C=C\C/C=C\C/C=C\C/C=C\C/C=C\CCCCCCCCCCOCC(COC1OC(COC2OC(CO)C(O)C(O)C2O)C(O)C(O)C1O)OC(=O)CCCCCCCCCCCCCCC. The zero-order chi connectivity index (χ0) is 51.6. The fourth-order valence-electron chi connectivity index (χ4n) is 8.55. The third kappa shape index (κ3) is 31.2. The Balaban J connectivity index is 1.71. The van der Waals surface area contributed by atoms with E-state index in [2.05, 4.69) is 74.6 Å². The van der Waals surface area contributed by atoms with Gasteiger partial charge in [0.05, 0.1) is 26.4 Å². The molecule has 2 aliphatic rings. The van der Waals surface area contributed by atoms with Crippen molar-refractivity contribution in [1.29, 1.82) is 0 Å². The van der Waals surface area contributed by atoms with E-state index in [0.29, 0.717) is 13.0 Å². The van der Waals surface area contributed by atoms with E-state index < -0.39 is 80.7 Å². The number of hydrogen-bond acceptors (Lipinski definition) is 14. The first-order chi connectivity index (χ1) is 34.6. The average Bonchev–Trinajstić information content (AvgIpc) is 3.37. The molecule has 2 heterocycles. The number of allylic oxidation sites excluding steroid dienone is 10. The molecule has 0 radical (unpaired) electrons. The summed E-state index contributed by atoms with van der Waals surface area (Å²) in [5.41, 5.74) is 0. The Morgan fingerprint density at radius 3 is 1.44 bits per heavy atom. The lowest BCUT2D eigenvalue weighted by Crippen LogP contribution is -2.61. The minimum Gasteiger partial charge on any atom is -0.457 e. The molecule has 2 fully saturated rings. The second-order valence-electron chi connectivity index (χ2n) is 19.4. The van der Waals surface area contributed by atoms with E-state index >= 15 is 0 Å². The van der Waals surface area contributed by atoms with Crippen LogP contribution < -0.4 is 0 Å². The number of esters is 1. The second kappa shape index (κ2) is 44.0. The Morgan fingerprint density at radius 1 is 0.479 bits per heavy atom. The maximum atomic E-state index is 13.0. The summed E-state index contributed by atoms with van der Waals surface area (Å²) in [6.45, 7) is 3.56. The van der Waals surface area contributed by atoms with E-state index in [9.17, 15) is 40.5 Å². The van der Waals surface area contributed by atoms with E-state index in [-0.39, 0.29) is 25.6 Å². The van der Waals surface area contributed by atoms with Gasteiger partial charge < -0.3 is 64.2 Å². The van der Waals surface area contributed by atoms with Crippen molar-refractivity contribution in [2.45, 2.75) is 261 Å². The summed E-state index contributed by atoms with van der Waals surface area (Å²) in [7, 11) is 0. The minimum absolute atomic E-state index is 0.0554. The van der Waals surface area contributed by atoms with Crippen LogP contribution in [0.5, 0.6) is 0 Å². The maximum Gasteiger partial charge on any atom is 0.306 e. The molecule has 0 spiro atoms. The Kier molecular flexibility index (Phi) is 40.2. The van der Waals surface area contributed by atoms with Gasteiger partial charge in [-0.15, -0.1) is 0 Å². The Morgan fingerprint density at radius 2 is 0.915 bits per heavy atom. The molecule has 0 aromatic heterocycles. The topological polar surface area (TPSA) is 214 Å². The monoisotopic (exact) mass is 1010 g/mol.